The van der Waals surface area contributed by atoms with Crippen LogP contribution in [0.2, 0.25) is 0 Å². The van der Waals surface area contributed by atoms with E-state index in [1.807, 2.05) is 24.3 Å². The first kappa shape index (κ1) is 14.4. The molecule has 0 amide bonds. The van der Waals surface area contributed by atoms with Crippen molar-refractivity contribution in [2.45, 2.75) is 25.3 Å². The molecular weight excluding hydrogens is 289 g/mol. The summed E-state index contributed by atoms with van der Waals surface area (Å²) >= 11 is 0. The van der Waals surface area contributed by atoms with Gasteiger partial charge in [0.05, 0.1) is 30.0 Å². The van der Waals surface area contributed by atoms with Gasteiger partial charge in [0, 0.05) is 5.56 Å². The zero-order valence-electron chi connectivity index (χ0n) is 13.1. The van der Waals surface area contributed by atoms with E-state index in [0.717, 1.165) is 29.9 Å². The lowest BCUT2D eigenvalue weighted by Gasteiger charge is -2.29. The van der Waals surface area contributed by atoms with Gasteiger partial charge in [-0.2, -0.15) is 0 Å². The number of H-pyrrole nitrogens is 1. The van der Waals surface area contributed by atoms with Crippen LogP contribution in [0.15, 0.2) is 48.5 Å². The van der Waals surface area contributed by atoms with Gasteiger partial charge < -0.3 is 9.88 Å². The monoisotopic (exact) mass is 310 g/mol. The van der Waals surface area contributed by atoms with Crippen molar-refractivity contribution in [2.24, 2.45) is 0 Å². The van der Waals surface area contributed by atoms with Crippen molar-refractivity contribution in [3.8, 4) is 0 Å². The van der Waals surface area contributed by atoms with E-state index in [2.05, 4.69) is 17.1 Å². The average molecular weight is 310 g/mol. The zero-order chi connectivity index (χ0) is 15.6. The number of nitrogens with one attached hydrogen (secondary N) is 2. The number of aromatic amines is 1. The zero-order valence-corrected chi connectivity index (χ0v) is 13.1. The molecule has 1 unspecified atom stereocenters. The Morgan fingerprint density at radius 1 is 1.13 bits per heavy atom. The van der Waals surface area contributed by atoms with E-state index in [0.29, 0.717) is 5.92 Å². The number of quaternary nitrogens is 1. The first-order valence-electron chi connectivity index (χ1n) is 8.30. The molecule has 0 aliphatic carbocycles. The third-order valence-electron chi connectivity index (χ3n) is 4.78. The minimum Gasteiger partial charge on any atom is -0.342 e. The van der Waals surface area contributed by atoms with Gasteiger partial charge in [0.1, 0.15) is 18.2 Å². The molecule has 2 N–H and O–H groups in total. The van der Waals surface area contributed by atoms with Crippen LogP contribution in [-0.4, -0.2) is 23.1 Å². The van der Waals surface area contributed by atoms with Crippen molar-refractivity contribution in [3.63, 3.8) is 0 Å². The van der Waals surface area contributed by atoms with Crippen LogP contribution in [0.25, 0.3) is 11.0 Å². The number of likely N-dealkylation sites (tertiary alicyclic amines) is 1. The topological polar surface area (TPSA) is 33.1 Å². The van der Waals surface area contributed by atoms with E-state index in [4.69, 9.17) is 4.98 Å². The van der Waals surface area contributed by atoms with Gasteiger partial charge in [0.15, 0.2) is 0 Å². The number of aromatic nitrogens is 2. The molecule has 0 spiro atoms. The number of hydrogen-bond acceptors (Lipinski definition) is 1. The first-order chi connectivity index (χ1) is 11.3. The highest BCUT2D eigenvalue weighted by atomic mass is 19.1. The van der Waals surface area contributed by atoms with Crippen LogP contribution in [0.3, 0.4) is 0 Å². The van der Waals surface area contributed by atoms with Crippen LogP contribution >= 0.6 is 0 Å². The van der Waals surface area contributed by atoms with E-state index in [-0.39, 0.29) is 5.82 Å². The molecule has 2 heterocycles. The first-order valence-corrected chi connectivity index (χ1v) is 8.30. The van der Waals surface area contributed by atoms with Crippen LogP contribution in [-0.2, 0) is 6.54 Å². The molecule has 4 heteroatoms. The molecular formula is C19H21FN3+. The molecule has 0 radical (unpaired) electrons. The third kappa shape index (κ3) is 3.13. The summed E-state index contributed by atoms with van der Waals surface area (Å²) < 4.78 is 13.0. The Morgan fingerprint density at radius 3 is 2.78 bits per heavy atom. The highest BCUT2D eigenvalue weighted by Crippen LogP contribution is 2.22. The normalized spacial score (nSPS) is 21.6. The molecule has 3 aromatic rings. The number of fused-ring (bicyclic) bond motifs is 1. The summed E-state index contributed by atoms with van der Waals surface area (Å²) in [6.07, 6.45) is 2.39. The predicted molar refractivity (Wildman–Crippen MR) is 88.9 cm³/mol. The molecule has 1 aromatic heterocycles. The quantitative estimate of drug-likeness (QED) is 0.766. The minimum absolute atomic E-state index is 0.164. The Bertz CT molecular complexity index is 761. The summed E-state index contributed by atoms with van der Waals surface area (Å²) in [5.41, 5.74) is 3.37. The molecule has 4 rings (SSSR count). The highest BCUT2D eigenvalue weighted by molar-refractivity contribution is 5.74. The van der Waals surface area contributed by atoms with Crippen molar-refractivity contribution in [1.29, 1.82) is 0 Å². The maximum Gasteiger partial charge on any atom is 0.123 e. The summed E-state index contributed by atoms with van der Waals surface area (Å²) in [6.45, 7) is 3.21. The lowest BCUT2D eigenvalue weighted by atomic mass is 9.97. The summed E-state index contributed by atoms with van der Waals surface area (Å²) in [5, 5.41) is 0. The maximum atomic E-state index is 13.0. The van der Waals surface area contributed by atoms with Crippen molar-refractivity contribution in [1.82, 2.24) is 9.97 Å². The third-order valence-corrected chi connectivity index (χ3v) is 4.78. The van der Waals surface area contributed by atoms with E-state index < -0.39 is 0 Å². The van der Waals surface area contributed by atoms with Crippen LogP contribution in [0.5, 0.6) is 0 Å². The largest absolute Gasteiger partial charge is 0.342 e. The number of rotatable bonds is 3. The number of benzene rings is 2. The highest BCUT2D eigenvalue weighted by Gasteiger charge is 2.26. The predicted octanol–water partition coefficient (Wildman–Crippen LogP) is 2.66. The van der Waals surface area contributed by atoms with Crippen LogP contribution in [0.4, 0.5) is 4.39 Å². The lowest BCUT2D eigenvalue weighted by Crippen LogP contribution is -3.12. The van der Waals surface area contributed by atoms with E-state index in [1.54, 1.807) is 17.0 Å². The Hall–Kier alpha value is -2.20. The van der Waals surface area contributed by atoms with Gasteiger partial charge in [0.25, 0.3) is 0 Å². The fourth-order valence-electron chi connectivity index (χ4n) is 3.60. The molecule has 1 fully saturated rings. The van der Waals surface area contributed by atoms with E-state index in [1.165, 1.54) is 24.9 Å². The molecule has 1 aliphatic rings. The molecule has 0 saturated carbocycles. The van der Waals surface area contributed by atoms with Crippen molar-refractivity contribution < 1.29 is 9.29 Å². The molecule has 1 aliphatic heterocycles. The second kappa shape index (κ2) is 6.13. The number of piperidine rings is 1. The van der Waals surface area contributed by atoms with Crippen LogP contribution in [0, 0.1) is 5.82 Å². The van der Waals surface area contributed by atoms with Gasteiger partial charge in [-0.1, -0.05) is 24.3 Å². The molecule has 3 nitrogen and oxygen atoms in total. The second-order valence-corrected chi connectivity index (χ2v) is 6.49. The van der Waals surface area contributed by atoms with Crippen LogP contribution < -0.4 is 4.90 Å². The molecule has 23 heavy (non-hydrogen) atoms. The fraction of sp³-hybridized carbons (Fsp3) is 0.316. The minimum atomic E-state index is -0.164. The number of imidazole rings is 1. The second-order valence-electron chi connectivity index (χ2n) is 6.49. The summed E-state index contributed by atoms with van der Waals surface area (Å²) in [5.74, 6) is 1.43. The Labute approximate surface area is 135 Å². The van der Waals surface area contributed by atoms with Gasteiger partial charge >= 0.3 is 0 Å². The van der Waals surface area contributed by atoms with Gasteiger partial charge in [-0.15, -0.1) is 0 Å². The van der Waals surface area contributed by atoms with Gasteiger partial charge in [-0.05, 0) is 37.1 Å². The molecule has 0 bridgehead atoms. The number of halogens is 1. The number of para-hydroxylation sites is 2. The summed E-state index contributed by atoms with van der Waals surface area (Å²) in [4.78, 5) is 9.80. The standard InChI is InChI=1S/C19H20FN3/c20-16-9-7-14(8-10-16)12-23-11-3-4-15(13-23)19-21-17-5-1-2-6-18(17)22-19/h1-2,5-10,15H,3-4,11-13H2,(H,21,22)/p+1/t15-/m0/s1. The number of nitrogens with zero attached hydrogens (tertiary/aromatic N) is 1. The Kier molecular flexibility index (Phi) is 3.83. The smallest absolute Gasteiger partial charge is 0.123 e. The molecule has 1 saturated heterocycles. The summed E-state index contributed by atoms with van der Waals surface area (Å²) in [7, 11) is 0. The fourth-order valence-corrected chi connectivity index (χ4v) is 3.60. The maximum absolute atomic E-state index is 13.0. The Morgan fingerprint density at radius 2 is 1.96 bits per heavy atom. The van der Waals surface area contributed by atoms with Gasteiger partial charge in [0.2, 0.25) is 0 Å². The van der Waals surface area contributed by atoms with Crippen molar-refractivity contribution >= 4 is 11.0 Å². The molecule has 118 valence electrons. The molecule has 2 atom stereocenters. The average Bonchev–Trinajstić information content (AvgIpc) is 3.01. The number of hydrogen-bond donors (Lipinski definition) is 2. The van der Waals surface area contributed by atoms with E-state index in [9.17, 15) is 4.39 Å². The van der Waals surface area contributed by atoms with Gasteiger partial charge in [-0.3, -0.25) is 0 Å². The SMILES string of the molecule is Fc1ccc(C[NH+]2CCC[C@H](c3nc4ccccc4[nH]3)C2)cc1. The lowest BCUT2D eigenvalue weighted by molar-refractivity contribution is -0.920. The summed E-state index contributed by atoms with van der Waals surface area (Å²) in [6, 6.07) is 15.1. The van der Waals surface area contributed by atoms with Crippen molar-refractivity contribution in [3.05, 3.63) is 65.7 Å². The molecule has 2 aromatic carbocycles. The van der Waals surface area contributed by atoms with Crippen molar-refractivity contribution in [2.75, 3.05) is 13.1 Å². The van der Waals surface area contributed by atoms with Gasteiger partial charge in [-0.25, -0.2) is 9.37 Å². The van der Waals surface area contributed by atoms with Crippen LogP contribution in [0.1, 0.15) is 30.1 Å². The van der Waals surface area contributed by atoms with E-state index >= 15 is 0 Å². The Balaban J connectivity index is 1.49.